The molecule has 0 atom stereocenters. The maximum absolute atomic E-state index is 13.0. The first-order chi connectivity index (χ1) is 19.7. The summed E-state index contributed by atoms with van der Waals surface area (Å²) in [5.41, 5.74) is 2.64. The van der Waals surface area contributed by atoms with Crippen molar-refractivity contribution in [3.63, 3.8) is 0 Å². The Morgan fingerprint density at radius 1 is 1.00 bits per heavy atom. The molecule has 0 saturated heterocycles. The Morgan fingerprint density at radius 3 is 2.34 bits per heavy atom. The molecule has 2 fully saturated rings. The number of methoxy groups -OCH3 is 1. The lowest BCUT2D eigenvalue weighted by molar-refractivity contribution is -0.275. The molecule has 220 valence electrons. The predicted molar refractivity (Wildman–Crippen MR) is 143 cm³/mol. The molecule has 0 unspecified atom stereocenters. The van der Waals surface area contributed by atoms with Gasteiger partial charge in [-0.3, -0.25) is 0 Å². The summed E-state index contributed by atoms with van der Waals surface area (Å²) in [6.45, 7) is 2.27. The van der Waals surface area contributed by atoms with Crippen LogP contribution >= 0.6 is 0 Å². The lowest BCUT2D eigenvalue weighted by Gasteiger charge is -2.32. The van der Waals surface area contributed by atoms with E-state index in [1.807, 2.05) is 30.3 Å². The molecule has 1 aromatic heterocycles. The highest BCUT2D eigenvalue weighted by molar-refractivity contribution is 5.89. The Hall–Kier alpha value is -3.76. The number of alkyl halides is 3. The second kappa shape index (κ2) is 12.4. The first-order valence-corrected chi connectivity index (χ1v) is 14.0. The van der Waals surface area contributed by atoms with E-state index in [2.05, 4.69) is 15.0 Å². The van der Waals surface area contributed by atoms with Crippen LogP contribution in [0.5, 0.6) is 17.4 Å². The Bertz CT molecular complexity index is 1330. The number of esters is 1. The molecule has 5 rings (SSSR count). The monoisotopic (exact) mass is 573 g/mol. The summed E-state index contributed by atoms with van der Waals surface area (Å²) in [5.74, 6) is 0.611. The molecule has 1 heterocycles. The van der Waals surface area contributed by atoms with Gasteiger partial charge in [-0.25, -0.2) is 9.48 Å². The summed E-state index contributed by atoms with van der Waals surface area (Å²) in [6.07, 6.45) is 0.879. The summed E-state index contributed by atoms with van der Waals surface area (Å²) >= 11 is 0. The zero-order chi connectivity index (χ0) is 29.0. The van der Waals surface area contributed by atoms with Gasteiger partial charge in [0, 0.05) is 0 Å². The maximum atomic E-state index is 13.0. The number of benzene rings is 2. The van der Waals surface area contributed by atoms with Gasteiger partial charge in [0.05, 0.1) is 20.3 Å². The highest BCUT2D eigenvalue weighted by atomic mass is 19.4. The molecule has 2 aromatic carbocycles. The van der Waals surface area contributed by atoms with Gasteiger partial charge < -0.3 is 18.9 Å². The van der Waals surface area contributed by atoms with E-state index in [0.29, 0.717) is 24.9 Å². The minimum Gasteiger partial charge on any atom is -0.497 e. The van der Waals surface area contributed by atoms with Gasteiger partial charge in [0.1, 0.15) is 17.6 Å². The molecule has 0 radical (unpaired) electrons. The van der Waals surface area contributed by atoms with E-state index in [1.54, 1.807) is 24.8 Å². The van der Waals surface area contributed by atoms with Gasteiger partial charge in [0.2, 0.25) is 11.6 Å². The molecule has 2 aliphatic carbocycles. The van der Waals surface area contributed by atoms with Gasteiger partial charge in [-0.05, 0) is 92.2 Å². The van der Waals surface area contributed by atoms with E-state index < -0.39 is 12.3 Å². The van der Waals surface area contributed by atoms with Gasteiger partial charge >= 0.3 is 12.3 Å². The van der Waals surface area contributed by atoms with Crippen molar-refractivity contribution >= 4 is 5.97 Å². The molecule has 41 heavy (non-hydrogen) atoms. The number of rotatable bonds is 10. The molecule has 8 nitrogen and oxygen atoms in total. The van der Waals surface area contributed by atoms with Crippen molar-refractivity contribution in [1.29, 1.82) is 0 Å². The number of aromatic nitrogens is 3. The SMILES string of the molecule is CCOC(=O)c1nnn(Cc2ccc(OC)cc2)c1O[C@H]1CC[C@H](c2ccc(OC(F)(F)F)c(C3CCC3)c2)CC1. The van der Waals surface area contributed by atoms with Gasteiger partial charge in [-0.1, -0.05) is 35.9 Å². The third-order valence-electron chi connectivity index (χ3n) is 7.88. The van der Waals surface area contributed by atoms with Crippen LogP contribution in [-0.4, -0.2) is 47.1 Å². The smallest absolute Gasteiger partial charge is 0.497 e. The molecule has 11 heteroatoms. The topological polar surface area (TPSA) is 84.7 Å². The zero-order valence-electron chi connectivity index (χ0n) is 23.2. The average molecular weight is 574 g/mol. The fourth-order valence-electron chi connectivity index (χ4n) is 5.50. The van der Waals surface area contributed by atoms with Gasteiger partial charge in [-0.15, -0.1) is 18.3 Å². The Labute approximate surface area is 236 Å². The van der Waals surface area contributed by atoms with Crippen LogP contribution in [0.1, 0.15) is 90.9 Å². The lowest BCUT2D eigenvalue weighted by Crippen LogP contribution is -2.26. The van der Waals surface area contributed by atoms with Crippen molar-refractivity contribution in [2.45, 2.75) is 82.7 Å². The van der Waals surface area contributed by atoms with E-state index in [0.717, 1.165) is 49.0 Å². The molecule has 0 aliphatic heterocycles. The summed E-state index contributed by atoms with van der Waals surface area (Å²) in [5, 5.41) is 8.24. The fraction of sp³-hybridized carbons (Fsp3) is 0.500. The first-order valence-electron chi connectivity index (χ1n) is 14.0. The van der Waals surface area contributed by atoms with Crippen LogP contribution in [0.25, 0.3) is 0 Å². The molecule has 0 N–H and O–H groups in total. The van der Waals surface area contributed by atoms with Crippen molar-refractivity contribution in [1.82, 2.24) is 15.0 Å². The second-order valence-electron chi connectivity index (χ2n) is 10.5. The molecular weight excluding hydrogens is 539 g/mol. The molecular formula is C30H34F3N3O5. The number of ether oxygens (including phenoxy) is 4. The number of nitrogens with zero attached hydrogens (tertiary/aromatic N) is 3. The number of halogens is 3. The molecule has 2 saturated carbocycles. The number of carbonyl (C=O) groups is 1. The normalized spacial score (nSPS) is 19.3. The predicted octanol–water partition coefficient (Wildman–Crippen LogP) is 6.78. The lowest BCUT2D eigenvalue weighted by atomic mass is 9.77. The van der Waals surface area contributed by atoms with Crippen molar-refractivity contribution < 1.29 is 36.9 Å². The third kappa shape index (κ3) is 6.94. The Morgan fingerprint density at radius 2 is 1.73 bits per heavy atom. The molecule has 3 aromatic rings. The molecule has 0 bridgehead atoms. The Kier molecular flexibility index (Phi) is 8.70. The zero-order valence-corrected chi connectivity index (χ0v) is 23.2. The number of carbonyl (C=O) groups excluding carboxylic acids is 1. The second-order valence-corrected chi connectivity index (χ2v) is 10.5. The quantitative estimate of drug-likeness (QED) is 0.247. The van der Waals surface area contributed by atoms with E-state index in [4.69, 9.17) is 14.2 Å². The highest BCUT2D eigenvalue weighted by Crippen LogP contribution is 2.44. The van der Waals surface area contributed by atoms with Crippen molar-refractivity contribution in [2.75, 3.05) is 13.7 Å². The minimum absolute atomic E-state index is 0.0351. The standard InChI is InChI=1S/C30H34F3N3O5/c1-3-39-29(37)27-28(36(35-34-27)18-19-7-12-23(38-2)13-8-19)40-24-14-9-20(10-15-24)22-11-16-26(41-30(31,32)33)25(17-22)21-5-4-6-21/h7-8,11-13,16-17,20-21,24H,3-6,9-10,14-15,18H2,1-2H3/t20-,24-. The van der Waals surface area contributed by atoms with Crippen LogP contribution in [0.3, 0.4) is 0 Å². The third-order valence-corrected chi connectivity index (χ3v) is 7.88. The van der Waals surface area contributed by atoms with Crippen molar-refractivity contribution in [2.24, 2.45) is 0 Å². The number of hydrogen-bond donors (Lipinski definition) is 0. The van der Waals surface area contributed by atoms with Crippen molar-refractivity contribution in [3.8, 4) is 17.4 Å². The minimum atomic E-state index is -4.72. The van der Waals surface area contributed by atoms with E-state index in [-0.39, 0.29) is 41.9 Å². The molecule has 0 spiro atoms. The van der Waals surface area contributed by atoms with E-state index in [1.165, 1.54) is 6.07 Å². The van der Waals surface area contributed by atoms with Gasteiger partial charge in [0.15, 0.2) is 0 Å². The molecule has 0 amide bonds. The van der Waals surface area contributed by atoms with Crippen LogP contribution in [0.15, 0.2) is 42.5 Å². The van der Waals surface area contributed by atoms with Gasteiger partial charge in [0.25, 0.3) is 0 Å². The largest absolute Gasteiger partial charge is 0.573 e. The first kappa shape index (κ1) is 28.8. The summed E-state index contributed by atoms with van der Waals surface area (Å²) in [6, 6.07) is 12.6. The summed E-state index contributed by atoms with van der Waals surface area (Å²) in [7, 11) is 1.60. The average Bonchev–Trinajstić information content (AvgIpc) is 3.31. The summed E-state index contributed by atoms with van der Waals surface area (Å²) in [4.78, 5) is 12.6. The van der Waals surface area contributed by atoms with Crippen LogP contribution < -0.4 is 14.2 Å². The number of hydrogen-bond acceptors (Lipinski definition) is 7. The van der Waals surface area contributed by atoms with Crippen LogP contribution in [0.4, 0.5) is 13.2 Å². The molecule has 2 aliphatic rings. The maximum Gasteiger partial charge on any atom is 0.573 e. The van der Waals surface area contributed by atoms with Crippen LogP contribution in [-0.2, 0) is 11.3 Å². The van der Waals surface area contributed by atoms with Crippen molar-refractivity contribution in [3.05, 3.63) is 64.8 Å². The van der Waals surface area contributed by atoms with Gasteiger partial charge in [-0.2, -0.15) is 0 Å². The fourth-order valence-corrected chi connectivity index (χ4v) is 5.50. The Balaban J connectivity index is 1.29. The van der Waals surface area contributed by atoms with Crippen LogP contribution in [0.2, 0.25) is 0 Å². The highest BCUT2D eigenvalue weighted by Gasteiger charge is 2.35. The summed E-state index contributed by atoms with van der Waals surface area (Å²) < 4.78 is 61.6. The van der Waals surface area contributed by atoms with E-state index in [9.17, 15) is 18.0 Å². The van der Waals surface area contributed by atoms with E-state index >= 15 is 0 Å². The van der Waals surface area contributed by atoms with Crippen LogP contribution in [0, 0.1) is 0 Å².